The van der Waals surface area contributed by atoms with Gasteiger partial charge in [0.25, 0.3) is 5.91 Å². The molecule has 0 aliphatic heterocycles. The molecule has 0 fully saturated rings. The highest BCUT2D eigenvalue weighted by atomic mass is 16.5. The molecule has 0 aliphatic carbocycles. The van der Waals surface area contributed by atoms with Crippen molar-refractivity contribution in [3.8, 4) is 28.2 Å². The Morgan fingerprint density at radius 3 is 2.33 bits per heavy atom. The number of carbonyl (C=O) groups is 2. The third-order valence-corrected chi connectivity index (χ3v) is 5.79. The van der Waals surface area contributed by atoms with Gasteiger partial charge < -0.3 is 24.8 Å². The van der Waals surface area contributed by atoms with E-state index in [9.17, 15) is 19.8 Å². The van der Waals surface area contributed by atoms with E-state index >= 15 is 0 Å². The van der Waals surface area contributed by atoms with E-state index in [-0.39, 0.29) is 12.1 Å². The Labute approximate surface area is 208 Å². The summed E-state index contributed by atoms with van der Waals surface area (Å²) in [5, 5.41) is 25.8. The highest BCUT2D eigenvalue weighted by Crippen LogP contribution is 2.30. The molecule has 4 aromatic rings. The van der Waals surface area contributed by atoms with Gasteiger partial charge in [0, 0.05) is 18.5 Å². The maximum Gasteiger partial charge on any atom is 0.332 e. The second-order valence-corrected chi connectivity index (χ2v) is 8.30. The molecular formula is C28H26N2O6. The molecule has 0 saturated carbocycles. The maximum atomic E-state index is 12.9. The number of amides is 1. The summed E-state index contributed by atoms with van der Waals surface area (Å²) in [5.41, 5.74) is 3.67. The standard InChI is InChI=1S/C28H26N2O6/c1-35-25-10-6-5-9-22(25)26-17-23(30-36-26)27(32)29-21(16-24(31)28(33)34)15-18-11-13-20(14-12-18)19-7-3-2-4-8-19/h2-14,17,21,24,31H,15-16H2,1H3,(H,29,32)(H,33,34)/t21?,24-/m1/s1. The maximum absolute atomic E-state index is 12.9. The summed E-state index contributed by atoms with van der Waals surface area (Å²) in [5.74, 6) is -0.963. The third kappa shape index (κ3) is 5.97. The molecule has 8 nitrogen and oxygen atoms in total. The first-order valence-corrected chi connectivity index (χ1v) is 11.4. The van der Waals surface area contributed by atoms with Crippen LogP contribution in [0.3, 0.4) is 0 Å². The molecule has 36 heavy (non-hydrogen) atoms. The van der Waals surface area contributed by atoms with Gasteiger partial charge >= 0.3 is 5.97 Å². The summed E-state index contributed by atoms with van der Waals surface area (Å²) in [7, 11) is 1.54. The fraction of sp³-hybridized carbons (Fsp3) is 0.179. The molecule has 0 spiro atoms. The Bertz CT molecular complexity index is 1320. The number of para-hydroxylation sites is 1. The molecule has 0 saturated heterocycles. The average molecular weight is 487 g/mol. The lowest BCUT2D eigenvalue weighted by atomic mass is 9.97. The molecule has 0 bridgehead atoms. The number of benzene rings is 3. The summed E-state index contributed by atoms with van der Waals surface area (Å²) in [6.45, 7) is 0. The zero-order chi connectivity index (χ0) is 25.5. The van der Waals surface area contributed by atoms with Crippen molar-refractivity contribution < 1.29 is 29.1 Å². The first-order chi connectivity index (χ1) is 17.4. The lowest BCUT2D eigenvalue weighted by molar-refractivity contribution is -0.147. The Balaban J connectivity index is 1.50. The van der Waals surface area contributed by atoms with E-state index in [1.165, 1.54) is 13.2 Å². The van der Waals surface area contributed by atoms with Crippen LogP contribution in [0.15, 0.2) is 89.5 Å². The molecule has 2 atom stereocenters. The van der Waals surface area contributed by atoms with Gasteiger partial charge in [-0.3, -0.25) is 4.79 Å². The molecule has 1 aromatic heterocycles. The van der Waals surface area contributed by atoms with Gasteiger partial charge in [-0.2, -0.15) is 0 Å². The van der Waals surface area contributed by atoms with Crippen molar-refractivity contribution in [3.05, 3.63) is 96.2 Å². The molecule has 0 radical (unpaired) electrons. The molecule has 8 heteroatoms. The SMILES string of the molecule is COc1ccccc1-c1cc(C(=O)NC(Cc2ccc(-c3ccccc3)cc2)C[C@@H](O)C(=O)O)no1. The number of methoxy groups -OCH3 is 1. The topological polar surface area (TPSA) is 122 Å². The van der Waals surface area contributed by atoms with Gasteiger partial charge in [-0.15, -0.1) is 0 Å². The number of hydrogen-bond acceptors (Lipinski definition) is 6. The fourth-order valence-corrected chi connectivity index (χ4v) is 3.93. The van der Waals surface area contributed by atoms with Gasteiger partial charge in [0.1, 0.15) is 5.75 Å². The number of aliphatic hydroxyl groups is 1. The largest absolute Gasteiger partial charge is 0.496 e. The zero-order valence-electron chi connectivity index (χ0n) is 19.6. The van der Waals surface area contributed by atoms with E-state index in [1.807, 2.05) is 66.7 Å². The van der Waals surface area contributed by atoms with E-state index in [0.717, 1.165) is 16.7 Å². The normalized spacial score (nSPS) is 12.5. The zero-order valence-corrected chi connectivity index (χ0v) is 19.6. The number of nitrogens with zero attached hydrogens (tertiary/aromatic N) is 1. The number of carboxylic acid groups (broad SMARTS) is 1. The van der Waals surface area contributed by atoms with Crippen molar-refractivity contribution in [1.82, 2.24) is 10.5 Å². The van der Waals surface area contributed by atoms with E-state index in [1.54, 1.807) is 12.1 Å². The van der Waals surface area contributed by atoms with Crippen molar-refractivity contribution in [3.63, 3.8) is 0 Å². The molecule has 3 aromatic carbocycles. The highest BCUT2D eigenvalue weighted by Gasteiger charge is 2.24. The Hall–Kier alpha value is -4.43. The number of ether oxygens (including phenoxy) is 1. The Morgan fingerprint density at radius 2 is 1.64 bits per heavy atom. The van der Waals surface area contributed by atoms with Gasteiger partial charge in [0.2, 0.25) is 0 Å². The number of carboxylic acids is 1. The first-order valence-electron chi connectivity index (χ1n) is 11.4. The van der Waals surface area contributed by atoms with Gasteiger partial charge in [-0.25, -0.2) is 4.79 Å². The number of carbonyl (C=O) groups excluding carboxylic acids is 1. The summed E-state index contributed by atoms with van der Waals surface area (Å²) >= 11 is 0. The first kappa shape index (κ1) is 24.7. The van der Waals surface area contributed by atoms with Crippen molar-refractivity contribution >= 4 is 11.9 Å². The number of nitrogens with one attached hydrogen (secondary N) is 1. The number of aromatic nitrogens is 1. The van der Waals surface area contributed by atoms with E-state index in [2.05, 4.69) is 10.5 Å². The van der Waals surface area contributed by atoms with E-state index in [4.69, 9.17) is 9.26 Å². The Kier molecular flexibility index (Phi) is 7.77. The van der Waals surface area contributed by atoms with E-state index < -0.39 is 24.0 Å². The molecule has 1 unspecified atom stereocenters. The van der Waals surface area contributed by atoms with Crippen LogP contribution in [0, 0.1) is 0 Å². The van der Waals surface area contributed by atoms with Crippen molar-refractivity contribution in [2.75, 3.05) is 7.11 Å². The summed E-state index contributed by atoms with van der Waals surface area (Å²) in [6.07, 6.45) is -1.47. The number of hydrogen-bond donors (Lipinski definition) is 3. The molecule has 1 amide bonds. The van der Waals surface area contributed by atoms with Crippen LogP contribution in [0.2, 0.25) is 0 Å². The number of aliphatic hydroxyl groups excluding tert-OH is 1. The summed E-state index contributed by atoms with van der Waals surface area (Å²) in [4.78, 5) is 24.2. The van der Waals surface area contributed by atoms with Crippen LogP contribution in [-0.2, 0) is 11.2 Å². The number of rotatable bonds is 10. The fourth-order valence-electron chi connectivity index (χ4n) is 3.93. The van der Waals surface area contributed by atoms with Crippen molar-refractivity contribution in [1.29, 1.82) is 0 Å². The van der Waals surface area contributed by atoms with Crippen molar-refractivity contribution in [2.45, 2.75) is 25.0 Å². The molecular weight excluding hydrogens is 460 g/mol. The molecule has 0 aliphatic rings. The van der Waals surface area contributed by atoms with Crippen molar-refractivity contribution in [2.24, 2.45) is 0 Å². The van der Waals surface area contributed by atoms with Crippen LogP contribution in [0.4, 0.5) is 0 Å². The molecule has 184 valence electrons. The molecule has 1 heterocycles. The molecule has 3 N–H and O–H groups in total. The minimum absolute atomic E-state index is 0.0325. The van der Waals surface area contributed by atoms with Gasteiger partial charge in [0.15, 0.2) is 17.6 Å². The summed E-state index contributed by atoms with van der Waals surface area (Å²) in [6, 6.07) is 25.7. The average Bonchev–Trinajstić information content (AvgIpc) is 3.40. The van der Waals surface area contributed by atoms with Gasteiger partial charge in [0.05, 0.1) is 12.7 Å². The lowest BCUT2D eigenvalue weighted by Crippen LogP contribution is -2.40. The highest BCUT2D eigenvalue weighted by molar-refractivity contribution is 5.93. The summed E-state index contributed by atoms with van der Waals surface area (Å²) < 4.78 is 10.7. The Morgan fingerprint density at radius 1 is 0.972 bits per heavy atom. The second-order valence-electron chi connectivity index (χ2n) is 8.30. The monoisotopic (exact) mass is 486 g/mol. The van der Waals surface area contributed by atoms with E-state index in [0.29, 0.717) is 23.5 Å². The third-order valence-electron chi connectivity index (χ3n) is 5.79. The van der Waals surface area contributed by atoms with Gasteiger partial charge in [-0.1, -0.05) is 71.9 Å². The quantitative estimate of drug-likeness (QED) is 0.307. The van der Waals surface area contributed by atoms with Crippen LogP contribution in [0.5, 0.6) is 5.75 Å². The molecule has 4 rings (SSSR count). The smallest absolute Gasteiger partial charge is 0.332 e. The predicted octanol–water partition coefficient (Wildman–Crippen LogP) is 4.19. The van der Waals surface area contributed by atoms with Crippen LogP contribution in [0.25, 0.3) is 22.5 Å². The van der Waals surface area contributed by atoms with Crippen LogP contribution in [0.1, 0.15) is 22.5 Å². The minimum atomic E-state index is -1.62. The minimum Gasteiger partial charge on any atom is -0.496 e. The van der Waals surface area contributed by atoms with Crippen LogP contribution < -0.4 is 10.1 Å². The van der Waals surface area contributed by atoms with Crippen LogP contribution >= 0.6 is 0 Å². The number of aliphatic carboxylic acids is 1. The predicted molar refractivity (Wildman–Crippen MR) is 134 cm³/mol. The second kappa shape index (κ2) is 11.3. The van der Waals surface area contributed by atoms with Crippen LogP contribution in [-0.4, -0.2) is 46.5 Å². The van der Waals surface area contributed by atoms with Gasteiger partial charge in [-0.05, 0) is 35.2 Å². The lowest BCUT2D eigenvalue weighted by Gasteiger charge is -2.20.